The van der Waals surface area contributed by atoms with Crippen LogP contribution in [0.3, 0.4) is 0 Å². The van der Waals surface area contributed by atoms with Gasteiger partial charge < -0.3 is 11.1 Å². The highest BCUT2D eigenvalue weighted by atomic mass is 35.5. The van der Waals surface area contributed by atoms with E-state index in [2.05, 4.69) is 5.32 Å². The molecule has 0 saturated heterocycles. The summed E-state index contributed by atoms with van der Waals surface area (Å²) in [6.45, 7) is 2.61. The van der Waals surface area contributed by atoms with Gasteiger partial charge in [-0.2, -0.15) is 0 Å². The van der Waals surface area contributed by atoms with E-state index in [0.717, 1.165) is 6.42 Å². The molecule has 0 spiro atoms. The predicted octanol–water partition coefficient (Wildman–Crippen LogP) is 3.31. The second-order valence-corrected chi connectivity index (χ2v) is 4.90. The van der Waals surface area contributed by atoms with Gasteiger partial charge in [-0.3, -0.25) is 4.79 Å². The maximum atomic E-state index is 11.6. The zero-order chi connectivity index (χ0) is 12.8. The summed E-state index contributed by atoms with van der Waals surface area (Å²) in [5.74, 6) is 0.288. The van der Waals surface area contributed by atoms with Gasteiger partial charge in [0.05, 0.1) is 10.7 Å². The smallest absolute Gasteiger partial charge is 0.224 e. The Hall–Kier alpha value is -0.770. The summed E-state index contributed by atoms with van der Waals surface area (Å²) < 4.78 is 0. The molecule has 5 heteroatoms. The molecule has 0 radical (unpaired) electrons. The number of amides is 1. The lowest BCUT2D eigenvalue weighted by atomic mass is 10.1. The Kier molecular flexibility index (Phi) is 5.75. The first-order chi connectivity index (χ1) is 8.02. The third kappa shape index (κ3) is 4.94. The van der Waals surface area contributed by atoms with Crippen molar-refractivity contribution in [2.45, 2.75) is 19.8 Å². The van der Waals surface area contributed by atoms with E-state index in [-0.39, 0.29) is 5.91 Å². The number of nitrogens with one attached hydrogen (secondary N) is 1. The Labute approximate surface area is 111 Å². The minimum atomic E-state index is -0.0606. The van der Waals surface area contributed by atoms with Crippen LogP contribution in [0.1, 0.15) is 19.8 Å². The summed E-state index contributed by atoms with van der Waals surface area (Å²) in [5.41, 5.74) is 6.07. The van der Waals surface area contributed by atoms with Gasteiger partial charge >= 0.3 is 0 Å². The molecule has 1 aromatic rings. The van der Waals surface area contributed by atoms with Gasteiger partial charge in [-0.1, -0.05) is 30.1 Å². The number of hydrogen-bond donors (Lipinski definition) is 2. The lowest BCUT2D eigenvalue weighted by Crippen LogP contribution is -2.16. The van der Waals surface area contributed by atoms with Crippen LogP contribution in [0, 0.1) is 5.92 Å². The molecule has 0 aromatic heterocycles. The van der Waals surface area contributed by atoms with Crippen molar-refractivity contribution in [3.63, 3.8) is 0 Å². The lowest BCUT2D eigenvalue weighted by Gasteiger charge is -2.09. The summed E-state index contributed by atoms with van der Waals surface area (Å²) in [6, 6.07) is 4.97. The fourth-order valence-electron chi connectivity index (χ4n) is 1.30. The quantitative estimate of drug-likeness (QED) is 0.866. The van der Waals surface area contributed by atoms with Crippen LogP contribution in [0.5, 0.6) is 0 Å². The van der Waals surface area contributed by atoms with Crippen molar-refractivity contribution in [3.05, 3.63) is 28.2 Å². The Morgan fingerprint density at radius 3 is 2.76 bits per heavy atom. The fraction of sp³-hybridized carbons (Fsp3) is 0.417. The third-order valence-electron chi connectivity index (χ3n) is 2.47. The van der Waals surface area contributed by atoms with E-state index in [1.807, 2.05) is 6.92 Å². The number of carbonyl (C=O) groups excluding carboxylic acids is 1. The van der Waals surface area contributed by atoms with Crippen LogP contribution in [0.2, 0.25) is 10.0 Å². The van der Waals surface area contributed by atoms with E-state index in [1.165, 1.54) is 0 Å². The molecular formula is C12H16Cl2N2O. The van der Waals surface area contributed by atoms with Crippen molar-refractivity contribution in [3.8, 4) is 0 Å². The van der Waals surface area contributed by atoms with Crippen LogP contribution < -0.4 is 11.1 Å². The highest BCUT2D eigenvalue weighted by Crippen LogP contribution is 2.25. The summed E-state index contributed by atoms with van der Waals surface area (Å²) in [7, 11) is 0. The monoisotopic (exact) mass is 274 g/mol. The standard InChI is InChI=1S/C12H16Cl2N2O/c1-8(7-15)2-5-12(17)16-11-4-3-9(13)6-10(11)14/h3-4,6,8H,2,5,7,15H2,1H3,(H,16,17). The Morgan fingerprint density at radius 1 is 1.47 bits per heavy atom. The van der Waals surface area contributed by atoms with Gasteiger partial charge in [0, 0.05) is 11.4 Å². The van der Waals surface area contributed by atoms with Gasteiger partial charge in [0.2, 0.25) is 5.91 Å². The van der Waals surface area contributed by atoms with Gasteiger partial charge in [-0.05, 0) is 37.1 Å². The molecular weight excluding hydrogens is 259 g/mol. The van der Waals surface area contributed by atoms with Crippen molar-refractivity contribution in [1.29, 1.82) is 0 Å². The van der Waals surface area contributed by atoms with E-state index >= 15 is 0 Å². The van der Waals surface area contributed by atoms with Gasteiger partial charge in [0.1, 0.15) is 0 Å². The Balaban J connectivity index is 2.50. The number of rotatable bonds is 5. The number of benzene rings is 1. The molecule has 3 nitrogen and oxygen atoms in total. The first kappa shape index (κ1) is 14.3. The molecule has 0 aliphatic carbocycles. The SMILES string of the molecule is CC(CN)CCC(=O)Nc1ccc(Cl)cc1Cl. The molecule has 0 saturated carbocycles. The van der Waals surface area contributed by atoms with Gasteiger partial charge in [-0.15, -0.1) is 0 Å². The first-order valence-electron chi connectivity index (χ1n) is 5.48. The molecule has 3 N–H and O–H groups in total. The summed E-state index contributed by atoms with van der Waals surface area (Å²) in [4.78, 5) is 11.6. The zero-order valence-corrected chi connectivity index (χ0v) is 11.2. The third-order valence-corrected chi connectivity index (χ3v) is 3.02. The fourth-order valence-corrected chi connectivity index (χ4v) is 1.75. The van der Waals surface area contributed by atoms with Crippen molar-refractivity contribution in [1.82, 2.24) is 0 Å². The van der Waals surface area contributed by atoms with E-state index in [0.29, 0.717) is 34.6 Å². The summed E-state index contributed by atoms with van der Waals surface area (Å²) in [5, 5.41) is 3.73. The molecule has 17 heavy (non-hydrogen) atoms. The molecule has 0 aliphatic heterocycles. The maximum Gasteiger partial charge on any atom is 0.224 e. The van der Waals surface area contributed by atoms with Crippen LogP contribution in [0.15, 0.2) is 18.2 Å². The highest BCUT2D eigenvalue weighted by Gasteiger charge is 2.08. The molecule has 1 amide bonds. The number of carbonyl (C=O) groups is 1. The molecule has 0 fully saturated rings. The zero-order valence-electron chi connectivity index (χ0n) is 9.67. The minimum absolute atomic E-state index is 0.0606. The van der Waals surface area contributed by atoms with Crippen molar-refractivity contribution in [2.75, 3.05) is 11.9 Å². The normalized spacial score (nSPS) is 12.2. The summed E-state index contributed by atoms with van der Waals surface area (Å²) in [6.07, 6.45) is 1.21. The lowest BCUT2D eigenvalue weighted by molar-refractivity contribution is -0.116. The van der Waals surface area contributed by atoms with Crippen LogP contribution in [-0.2, 0) is 4.79 Å². The molecule has 1 rings (SSSR count). The van der Waals surface area contributed by atoms with E-state index in [1.54, 1.807) is 18.2 Å². The molecule has 1 aromatic carbocycles. The largest absolute Gasteiger partial charge is 0.330 e. The van der Waals surface area contributed by atoms with E-state index in [9.17, 15) is 4.79 Å². The van der Waals surface area contributed by atoms with Gasteiger partial charge in [0.25, 0.3) is 0 Å². The molecule has 0 bridgehead atoms. The topological polar surface area (TPSA) is 55.1 Å². The Morgan fingerprint density at radius 2 is 2.18 bits per heavy atom. The van der Waals surface area contributed by atoms with Crippen LogP contribution in [0.4, 0.5) is 5.69 Å². The van der Waals surface area contributed by atoms with E-state index in [4.69, 9.17) is 28.9 Å². The molecule has 0 aliphatic rings. The van der Waals surface area contributed by atoms with Crippen molar-refractivity contribution >= 4 is 34.8 Å². The second kappa shape index (κ2) is 6.84. The number of halogens is 2. The Bertz CT molecular complexity index is 396. The highest BCUT2D eigenvalue weighted by molar-refractivity contribution is 6.36. The molecule has 0 heterocycles. The van der Waals surface area contributed by atoms with Crippen molar-refractivity contribution in [2.24, 2.45) is 11.7 Å². The van der Waals surface area contributed by atoms with Crippen LogP contribution >= 0.6 is 23.2 Å². The molecule has 1 unspecified atom stereocenters. The van der Waals surface area contributed by atoms with E-state index < -0.39 is 0 Å². The first-order valence-corrected chi connectivity index (χ1v) is 6.23. The number of anilines is 1. The minimum Gasteiger partial charge on any atom is -0.330 e. The summed E-state index contributed by atoms with van der Waals surface area (Å²) >= 11 is 11.7. The van der Waals surface area contributed by atoms with Gasteiger partial charge in [-0.25, -0.2) is 0 Å². The van der Waals surface area contributed by atoms with Crippen LogP contribution in [0.25, 0.3) is 0 Å². The van der Waals surface area contributed by atoms with Crippen molar-refractivity contribution < 1.29 is 4.79 Å². The molecule has 1 atom stereocenters. The molecule has 94 valence electrons. The average molecular weight is 275 g/mol. The van der Waals surface area contributed by atoms with Gasteiger partial charge in [0.15, 0.2) is 0 Å². The second-order valence-electron chi connectivity index (χ2n) is 4.05. The predicted molar refractivity (Wildman–Crippen MR) is 72.5 cm³/mol. The number of nitrogens with two attached hydrogens (primary N) is 1. The maximum absolute atomic E-state index is 11.6. The van der Waals surface area contributed by atoms with Crippen LogP contribution in [-0.4, -0.2) is 12.5 Å². The average Bonchev–Trinajstić information content (AvgIpc) is 2.29. The number of hydrogen-bond acceptors (Lipinski definition) is 2.